The second-order valence-corrected chi connectivity index (χ2v) is 6.06. The third kappa shape index (κ3) is 5.53. The van der Waals surface area contributed by atoms with E-state index in [-0.39, 0.29) is 11.7 Å². The van der Waals surface area contributed by atoms with Crippen molar-refractivity contribution in [3.8, 4) is 0 Å². The molecule has 1 fully saturated rings. The molecule has 1 aliphatic heterocycles. The normalized spacial score (nSPS) is 16.1. The molecule has 0 spiro atoms. The monoisotopic (exact) mass is 309 g/mol. The van der Waals surface area contributed by atoms with Crippen molar-refractivity contribution in [1.82, 2.24) is 9.97 Å². The Kier molecular flexibility index (Phi) is 6.79. The molecule has 2 rings (SSSR count). The lowest BCUT2D eigenvalue weighted by Gasteiger charge is -2.25. The average molecular weight is 309 g/mol. The van der Waals surface area contributed by atoms with E-state index >= 15 is 0 Å². The molecular weight excluding hydrogens is 286 g/mol. The zero-order valence-corrected chi connectivity index (χ0v) is 13.4. The summed E-state index contributed by atoms with van der Waals surface area (Å²) in [7, 11) is 0. The van der Waals surface area contributed by atoms with Gasteiger partial charge in [-0.15, -0.1) is 0 Å². The Bertz CT molecular complexity index is 448. The maximum absolute atomic E-state index is 11.4. The van der Waals surface area contributed by atoms with Gasteiger partial charge in [-0.05, 0) is 19.8 Å². The van der Waals surface area contributed by atoms with Crippen LogP contribution >= 0.6 is 11.8 Å². The maximum atomic E-state index is 11.4. The Morgan fingerprint density at radius 3 is 2.67 bits per heavy atom. The van der Waals surface area contributed by atoms with E-state index < -0.39 is 0 Å². The lowest BCUT2D eigenvalue weighted by molar-refractivity contribution is -0.139. The van der Waals surface area contributed by atoms with E-state index in [0.717, 1.165) is 23.9 Å². The predicted molar refractivity (Wildman–Crippen MR) is 84.7 cm³/mol. The molecule has 1 saturated heterocycles. The number of aromatic nitrogens is 2. The van der Waals surface area contributed by atoms with E-state index in [2.05, 4.69) is 14.9 Å². The minimum Gasteiger partial charge on any atom is -0.465 e. The molecule has 5 nitrogen and oxygen atoms in total. The summed E-state index contributed by atoms with van der Waals surface area (Å²) in [5, 5.41) is 0.780. The van der Waals surface area contributed by atoms with Crippen molar-refractivity contribution < 1.29 is 9.53 Å². The van der Waals surface area contributed by atoms with Crippen molar-refractivity contribution in [3.63, 3.8) is 0 Å². The zero-order chi connectivity index (χ0) is 14.9. The van der Waals surface area contributed by atoms with Gasteiger partial charge in [0.15, 0.2) is 0 Å². The molecule has 0 aliphatic carbocycles. The number of carbonyl (C=O) groups excluding carboxylic acids is 1. The summed E-state index contributed by atoms with van der Waals surface area (Å²) in [6.07, 6.45) is 9.87. The van der Waals surface area contributed by atoms with E-state index in [1.165, 1.54) is 43.9 Å². The molecule has 2 heterocycles. The molecule has 1 aromatic heterocycles. The van der Waals surface area contributed by atoms with Crippen molar-refractivity contribution in [2.24, 2.45) is 0 Å². The van der Waals surface area contributed by atoms with Crippen LogP contribution in [-0.2, 0) is 9.53 Å². The molecule has 0 radical (unpaired) electrons. The van der Waals surface area contributed by atoms with Crippen LogP contribution in [0.1, 0.15) is 39.0 Å². The highest BCUT2D eigenvalue weighted by Gasteiger charge is 2.12. The Labute approximate surface area is 130 Å². The molecule has 0 unspecified atom stereocenters. The Balaban J connectivity index is 1.94. The molecule has 116 valence electrons. The number of esters is 1. The number of carbonyl (C=O) groups is 1. The summed E-state index contributed by atoms with van der Waals surface area (Å²) in [6, 6.07) is 0. The second-order valence-electron chi connectivity index (χ2n) is 5.06. The van der Waals surface area contributed by atoms with Crippen LogP contribution in [0.3, 0.4) is 0 Å². The summed E-state index contributed by atoms with van der Waals surface area (Å²) < 4.78 is 4.92. The van der Waals surface area contributed by atoms with Gasteiger partial charge in [0.2, 0.25) is 0 Å². The first-order valence-electron chi connectivity index (χ1n) is 7.65. The zero-order valence-electron chi connectivity index (χ0n) is 12.6. The number of anilines is 1. The lowest BCUT2D eigenvalue weighted by Crippen LogP contribution is -2.28. The molecule has 0 atom stereocenters. The third-order valence-electron chi connectivity index (χ3n) is 3.42. The molecule has 0 aromatic carbocycles. The summed E-state index contributed by atoms with van der Waals surface area (Å²) in [5.74, 6) is 0.998. The van der Waals surface area contributed by atoms with Crippen LogP contribution < -0.4 is 4.90 Å². The molecule has 0 amide bonds. The van der Waals surface area contributed by atoms with Gasteiger partial charge in [0.25, 0.3) is 0 Å². The predicted octanol–water partition coefficient (Wildman–Crippen LogP) is 2.90. The topological polar surface area (TPSA) is 55.3 Å². The van der Waals surface area contributed by atoms with Crippen LogP contribution in [0, 0.1) is 0 Å². The summed E-state index contributed by atoms with van der Waals surface area (Å²) >= 11 is 1.38. The van der Waals surface area contributed by atoms with Crippen molar-refractivity contribution in [2.75, 3.05) is 30.3 Å². The van der Waals surface area contributed by atoms with Crippen LogP contribution in [0.15, 0.2) is 17.4 Å². The molecular formula is C15H23N3O2S. The van der Waals surface area contributed by atoms with Crippen LogP contribution in [0.2, 0.25) is 0 Å². The van der Waals surface area contributed by atoms with Gasteiger partial charge in [0.05, 0.1) is 24.8 Å². The Morgan fingerprint density at radius 2 is 1.95 bits per heavy atom. The van der Waals surface area contributed by atoms with Gasteiger partial charge in [0, 0.05) is 13.1 Å². The standard InChI is InChI=1S/C15H23N3O2S/c1-2-20-15(19)12-21-14-11-16-10-13(17-14)18-8-6-4-3-5-7-9-18/h10-11H,2-9,12H2,1H3. The fourth-order valence-corrected chi connectivity index (χ4v) is 3.01. The van der Waals surface area contributed by atoms with Crippen LogP contribution in [-0.4, -0.2) is 41.4 Å². The summed E-state index contributed by atoms with van der Waals surface area (Å²) in [6.45, 7) is 4.31. The molecule has 0 bridgehead atoms. The highest BCUT2D eigenvalue weighted by Crippen LogP contribution is 2.20. The largest absolute Gasteiger partial charge is 0.465 e. The van der Waals surface area contributed by atoms with E-state index in [9.17, 15) is 4.79 Å². The van der Waals surface area contributed by atoms with Gasteiger partial charge in [-0.1, -0.05) is 31.0 Å². The first-order chi connectivity index (χ1) is 10.3. The fourth-order valence-electron chi connectivity index (χ4n) is 2.37. The Morgan fingerprint density at radius 1 is 1.24 bits per heavy atom. The maximum Gasteiger partial charge on any atom is 0.316 e. The number of thioether (sulfide) groups is 1. The highest BCUT2D eigenvalue weighted by molar-refractivity contribution is 7.99. The Hall–Kier alpha value is -1.30. The van der Waals surface area contributed by atoms with Gasteiger partial charge in [-0.2, -0.15) is 0 Å². The molecule has 1 aromatic rings. The van der Waals surface area contributed by atoms with Gasteiger partial charge in [-0.25, -0.2) is 4.98 Å². The quantitative estimate of drug-likeness (QED) is 0.616. The number of rotatable bonds is 5. The summed E-state index contributed by atoms with van der Waals surface area (Å²) in [5.41, 5.74) is 0. The summed E-state index contributed by atoms with van der Waals surface area (Å²) in [4.78, 5) is 22.6. The number of hydrogen-bond donors (Lipinski definition) is 0. The van der Waals surface area contributed by atoms with Crippen LogP contribution in [0.25, 0.3) is 0 Å². The molecule has 1 aliphatic rings. The van der Waals surface area contributed by atoms with Crippen molar-refractivity contribution in [3.05, 3.63) is 12.4 Å². The number of hydrogen-bond acceptors (Lipinski definition) is 6. The first-order valence-corrected chi connectivity index (χ1v) is 8.63. The van der Waals surface area contributed by atoms with Crippen molar-refractivity contribution in [2.45, 2.75) is 44.1 Å². The van der Waals surface area contributed by atoms with Crippen molar-refractivity contribution >= 4 is 23.5 Å². The fraction of sp³-hybridized carbons (Fsp3) is 0.667. The average Bonchev–Trinajstić information content (AvgIpc) is 2.45. The second kappa shape index (κ2) is 8.87. The van der Waals surface area contributed by atoms with Crippen molar-refractivity contribution in [1.29, 1.82) is 0 Å². The molecule has 0 saturated carbocycles. The van der Waals surface area contributed by atoms with E-state index in [0.29, 0.717) is 6.61 Å². The number of nitrogens with zero attached hydrogens (tertiary/aromatic N) is 3. The third-order valence-corrected chi connectivity index (χ3v) is 4.30. The SMILES string of the molecule is CCOC(=O)CSc1cncc(N2CCCCCCC2)n1. The van der Waals surface area contributed by atoms with Gasteiger partial charge in [-0.3, -0.25) is 9.78 Å². The lowest BCUT2D eigenvalue weighted by atomic mass is 10.1. The molecule has 6 heteroatoms. The smallest absolute Gasteiger partial charge is 0.316 e. The van der Waals surface area contributed by atoms with E-state index in [4.69, 9.17) is 4.74 Å². The number of ether oxygens (including phenoxy) is 1. The molecule has 21 heavy (non-hydrogen) atoms. The minimum absolute atomic E-state index is 0.207. The van der Waals surface area contributed by atoms with Gasteiger partial charge in [0.1, 0.15) is 10.8 Å². The minimum atomic E-state index is -0.207. The first kappa shape index (κ1) is 16.1. The van der Waals surface area contributed by atoms with Gasteiger partial charge < -0.3 is 9.64 Å². The van der Waals surface area contributed by atoms with E-state index in [1.54, 1.807) is 6.20 Å². The van der Waals surface area contributed by atoms with Gasteiger partial charge >= 0.3 is 5.97 Å². The van der Waals surface area contributed by atoms with Crippen LogP contribution in [0.5, 0.6) is 0 Å². The molecule has 0 N–H and O–H groups in total. The van der Waals surface area contributed by atoms with E-state index in [1.807, 2.05) is 13.1 Å². The van der Waals surface area contributed by atoms with Crippen LogP contribution in [0.4, 0.5) is 5.82 Å². The highest BCUT2D eigenvalue weighted by atomic mass is 32.2.